The summed E-state index contributed by atoms with van der Waals surface area (Å²) in [5, 5.41) is 4.10. The van der Waals surface area contributed by atoms with Crippen LogP contribution in [-0.2, 0) is 49.5 Å². The number of esters is 2. The van der Waals surface area contributed by atoms with Gasteiger partial charge in [-0.05, 0) is 69.5 Å². The van der Waals surface area contributed by atoms with Crippen molar-refractivity contribution >= 4 is 39.3 Å². The Morgan fingerprint density at radius 1 is 0.583 bits per heavy atom. The number of carbonyl (C=O) groups excluding carboxylic acids is 3. The van der Waals surface area contributed by atoms with Gasteiger partial charge >= 0.3 is 11.9 Å². The zero-order valence-electron chi connectivity index (χ0n) is 20.3. The lowest BCUT2D eigenvalue weighted by Crippen LogP contribution is -2.54. The van der Waals surface area contributed by atoms with Crippen molar-refractivity contribution in [1.29, 1.82) is 0 Å². The Morgan fingerprint density at radius 3 is 1.11 bits per heavy atom. The van der Waals surface area contributed by atoms with E-state index >= 15 is 0 Å². The Labute approximate surface area is 209 Å². The molecule has 0 saturated carbocycles. The molecule has 0 heterocycles. The van der Waals surface area contributed by atoms with Gasteiger partial charge in [-0.15, -0.1) is 0 Å². The number of methoxy groups -OCH3 is 2. The molecule has 5 heteroatoms. The molecule has 2 aliphatic rings. The summed E-state index contributed by atoms with van der Waals surface area (Å²) in [5.41, 5.74) is 0.490. The highest BCUT2D eigenvalue weighted by atomic mass is 16.5. The number of hydrogen-bond donors (Lipinski definition) is 0. The second-order valence-corrected chi connectivity index (χ2v) is 10.1. The van der Waals surface area contributed by atoms with E-state index in [0.29, 0.717) is 0 Å². The van der Waals surface area contributed by atoms with E-state index in [0.717, 1.165) is 43.8 Å². The van der Waals surface area contributed by atoms with E-state index in [1.165, 1.54) is 14.2 Å². The molecule has 2 aliphatic carbocycles. The molecule has 4 aromatic rings. The fraction of sp³-hybridized carbons (Fsp3) is 0.258. The van der Waals surface area contributed by atoms with E-state index in [2.05, 4.69) is 0 Å². The van der Waals surface area contributed by atoms with E-state index in [-0.39, 0.29) is 25.7 Å². The standard InChI is InChI=1S/C31H26O5/c1-35-28(33)30-15-23-11-19-7-3-5-9-21(19)13-25(23)17-31(27(30)32,29(34)36-2)18-26-14-22-10-6-4-8-20(22)12-24(26)16-30/h3-14H,15-18H2,1-2H3. The van der Waals surface area contributed by atoms with Crippen LogP contribution in [-0.4, -0.2) is 31.9 Å². The molecule has 0 unspecified atom stereocenters. The average Bonchev–Trinajstić information content (AvgIpc) is 3.06. The van der Waals surface area contributed by atoms with Crippen molar-refractivity contribution in [3.05, 3.63) is 95.1 Å². The van der Waals surface area contributed by atoms with Crippen molar-refractivity contribution in [2.45, 2.75) is 25.7 Å². The number of hydrogen-bond acceptors (Lipinski definition) is 5. The summed E-state index contributed by atoms with van der Waals surface area (Å²) < 4.78 is 10.6. The van der Waals surface area contributed by atoms with Gasteiger partial charge in [-0.2, -0.15) is 0 Å². The van der Waals surface area contributed by atoms with E-state index in [1.807, 2.05) is 72.8 Å². The number of fused-ring (bicyclic) bond motifs is 6. The first kappa shape index (κ1) is 22.5. The Kier molecular flexibility index (Phi) is 5.01. The first-order chi connectivity index (χ1) is 17.4. The van der Waals surface area contributed by atoms with Crippen LogP contribution in [0.4, 0.5) is 0 Å². The molecule has 2 bridgehead atoms. The molecule has 6 rings (SSSR count). The molecule has 0 N–H and O–H groups in total. The first-order valence-electron chi connectivity index (χ1n) is 12.1. The average molecular weight is 479 g/mol. The number of benzene rings is 4. The Hall–Kier alpha value is -3.99. The maximum atomic E-state index is 14.6. The van der Waals surface area contributed by atoms with Crippen molar-refractivity contribution in [2.75, 3.05) is 14.2 Å². The minimum atomic E-state index is -1.54. The Bertz CT molecular complexity index is 1370. The maximum Gasteiger partial charge on any atom is 0.320 e. The summed E-state index contributed by atoms with van der Waals surface area (Å²) in [4.78, 5) is 41.9. The predicted molar refractivity (Wildman–Crippen MR) is 137 cm³/mol. The summed E-state index contributed by atoms with van der Waals surface area (Å²) in [5.74, 6) is -1.63. The minimum Gasteiger partial charge on any atom is -0.468 e. The molecule has 0 spiro atoms. The number of Topliss-reactive ketones (excluding diaryl/α,β-unsaturated/α-hetero) is 1. The van der Waals surface area contributed by atoms with E-state index in [4.69, 9.17) is 9.47 Å². The number of rotatable bonds is 2. The first-order valence-corrected chi connectivity index (χ1v) is 12.1. The van der Waals surface area contributed by atoms with Gasteiger partial charge in [0.25, 0.3) is 0 Å². The van der Waals surface area contributed by atoms with Crippen LogP contribution in [0.25, 0.3) is 21.5 Å². The van der Waals surface area contributed by atoms with Gasteiger partial charge in [0.15, 0.2) is 5.78 Å². The molecule has 0 fully saturated rings. The number of ketones is 1. The second-order valence-electron chi connectivity index (χ2n) is 10.1. The molecule has 0 atom stereocenters. The molecular formula is C31H26O5. The maximum absolute atomic E-state index is 14.6. The second kappa shape index (κ2) is 8.02. The van der Waals surface area contributed by atoms with Gasteiger partial charge in [-0.3, -0.25) is 14.4 Å². The third kappa shape index (κ3) is 3.12. The lowest BCUT2D eigenvalue weighted by atomic mass is 9.66. The van der Waals surface area contributed by atoms with Crippen LogP contribution in [0.5, 0.6) is 0 Å². The van der Waals surface area contributed by atoms with Crippen LogP contribution >= 0.6 is 0 Å². The molecule has 4 aromatic carbocycles. The molecule has 0 amide bonds. The zero-order valence-corrected chi connectivity index (χ0v) is 20.3. The number of carbonyl (C=O) groups is 3. The van der Waals surface area contributed by atoms with Crippen LogP contribution in [0.3, 0.4) is 0 Å². The van der Waals surface area contributed by atoms with Crippen LogP contribution < -0.4 is 0 Å². The van der Waals surface area contributed by atoms with Crippen molar-refractivity contribution in [1.82, 2.24) is 0 Å². The largest absolute Gasteiger partial charge is 0.468 e. The van der Waals surface area contributed by atoms with Crippen LogP contribution in [0.1, 0.15) is 22.3 Å². The van der Waals surface area contributed by atoms with Crippen molar-refractivity contribution in [2.24, 2.45) is 10.8 Å². The molecule has 180 valence electrons. The molecule has 0 aliphatic heterocycles. The molecule has 36 heavy (non-hydrogen) atoms. The quantitative estimate of drug-likeness (QED) is 0.306. The highest BCUT2D eigenvalue weighted by Gasteiger charge is 2.62. The third-order valence-corrected chi connectivity index (χ3v) is 8.13. The molecule has 0 saturated heterocycles. The monoisotopic (exact) mass is 478 g/mol. The van der Waals surface area contributed by atoms with Gasteiger partial charge in [0, 0.05) is 0 Å². The highest BCUT2D eigenvalue weighted by molar-refractivity contribution is 6.16. The highest BCUT2D eigenvalue weighted by Crippen LogP contribution is 2.50. The smallest absolute Gasteiger partial charge is 0.320 e. The van der Waals surface area contributed by atoms with E-state index in [9.17, 15) is 14.4 Å². The Balaban J connectivity index is 1.68. The zero-order chi connectivity index (χ0) is 25.1. The summed E-state index contributed by atoms with van der Waals surface area (Å²) in [7, 11) is 2.62. The fourth-order valence-corrected chi connectivity index (χ4v) is 6.40. The van der Waals surface area contributed by atoms with Gasteiger partial charge in [0.05, 0.1) is 14.2 Å². The fourth-order valence-electron chi connectivity index (χ4n) is 6.40. The van der Waals surface area contributed by atoms with Gasteiger partial charge in [-0.25, -0.2) is 0 Å². The van der Waals surface area contributed by atoms with Crippen LogP contribution in [0.15, 0.2) is 72.8 Å². The van der Waals surface area contributed by atoms with Crippen LogP contribution in [0, 0.1) is 10.8 Å². The summed E-state index contributed by atoms with van der Waals surface area (Å²) in [6.45, 7) is 0. The Morgan fingerprint density at radius 2 is 0.861 bits per heavy atom. The molecule has 0 radical (unpaired) electrons. The van der Waals surface area contributed by atoms with Crippen molar-refractivity contribution < 1.29 is 23.9 Å². The van der Waals surface area contributed by atoms with Gasteiger partial charge < -0.3 is 9.47 Å². The SMILES string of the molecule is COC(=O)C12Cc3cc4ccccc4cc3CC(C(=O)OC)(Cc3cc4ccccc4cc3C1)C2=O. The summed E-state index contributed by atoms with van der Waals surface area (Å²) in [6, 6.07) is 24.1. The lowest BCUT2D eigenvalue weighted by molar-refractivity contribution is -0.168. The summed E-state index contributed by atoms with van der Waals surface area (Å²) in [6.07, 6.45) is 0.681. The minimum absolute atomic E-state index is 0.170. The van der Waals surface area contributed by atoms with Crippen molar-refractivity contribution in [3.63, 3.8) is 0 Å². The van der Waals surface area contributed by atoms with E-state index < -0.39 is 28.6 Å². The van der Waals surface area contributed by atoms with E-state index in [1.54, 1.807) is 0 Å². The summed E-state index contributed by atoms with van der Waals surface area (Å²) >= 11 is 0. The predicted octanol–water partition coefficient (Wildman–Crippen LogP) is 4.78. The van der Waals surface area contributed by atoms with Gasteiger partial charge in [0.1, 0.15) is 10.8 Å². The molecule has 5 nitrogen and oxygen atoms in total. The van der Waals surface area contributed by atoms with Gasteiger partial charge in [0.2, 0.25) is 0 Å². The van der Waals surface area contributed by atoms with Crippen LogP contribution in [0.2, 0.25) is 0 Å². The molecule has 0 aromatic heterocycles. The number of ether oxygens (including phenoxy) is 2. The topological polar surface area (TPSA) is 69.7 Å². The normalized spacial score (nSPS) is 22.8. The van der Waals surface area contributed by atoms with Gasteiger partial charge in [-0.1, -0.05) is 72.8 Å². The molecular weight excluding hydrogens is 452 g/mol. The third-order valence-electron chi connectivity index (χ3n) is 8.13. The van der Waals surface area contributed by atoms with Crippen molar-refractivity contribution in [3.8, 4) is 0 Å². The lowest BCUT2D eigenvalue weighted by Gasteiger charge is -2.34.